The molecule has 1 aromatic carbocycles. The van der Waals surface area contributed by atoms with Gasteiger partial charge in [0.05, 0.1) is 6.04 Å². The van der Waals surface area contributed by atoms with Crippen LogP contribution in [0.15, 0.2) is 24.3 Å². The first-order chi connectivity index (χ1) is 10.7. The molecule has 5 nitrogen and oxygen atoms in total. The Hall–Kier alpha value is -1.95. The van der Waals surface area contributed by atoms with Gasteiger partial charge in [-0.1, -0.05) is 20.8 Å². The van der Waals surface area contributed by atoms with Gasteiger partial charge in [0.25, 0.3) is 5.91 Å². The monoisotopic (exact) mass is 321 g/mol. The molecule has 1 fully saturated rings. The Morgan fingerprint density at radius 1 is 1.04 bits per heavy atom. The number of nitrogens with two attached hydrogens (primary N) is 1. The number of nitrogens with zero attached hydrogens (tertiary/aromatic N) is 2. The molecular formula is C17H24FN3O2. The molecule has 0 aromatic heterocycles. The predicted molar refractivity (Wildman–Crippen MR) is 86.3 cm³/mol. The van der Waals surface area contributed by atoms with Crippen molar-refractivity contribution in [1.82, 2.24) is 9.80 Å². The molecule has 1 atom stereocenters. The minimum atomic E-state index is -0.554. The molecule has 1 saturated heterocycles. The van der Waals surface area contributed by atoms with E-state index in [1.165, 1.54) is 24.3 Å². The van der Waals surface area contributed by atoms with Crippen molar-refractivity contribution in [2.24, 2.45) is 11.1 Å². The van der Waals surface area contributed by atoms with Crippen LogP contribution in [0, 0.1) is 11.2 Å². The van der Waals surface area contributed by atoms with Gasteiger partial charge in [-0.15, -0.1) is 0 Å². The van der Waals surface area contributed by atoms with Crippen molar-refractivity contribution in [3.63, 3.8) is 0 Å². The summed E-state index contributed by atoms with van der Waals surface area (Å²) >= 11 is 0. The average Bonchev–Trinajstić information content (AvgIpc) is 2.53. The molecule has 0 saturated carbocycles. The molecule has 0 bridgehead atoms. The van der Waals surface area contributed by atoms with Gasteiger partial charge in [-0.3, -0.25) is 9.59 Å². The van der Waals surface area contributed by atoms with E-state index in [-0.39, 0.29) is 23.0 Å². The smallest absolute Gasteiger partial charge is 0.253 e. The zero-order valence-electron chi connectivity index (χ0n) is 13.9. The van der Waals surface area contributed by atoms with Crippen LogP contribution in [0.5, 0.6) is 0 Å². The molecule has 1 heterocycles. The second kappa shape index (κ2) is 6.66. The maximum atomic E-state index is 12.9. The number of benzene rings is 1. The van der Waals surface area contributed by atoms with E-state index in [1.807, 2.05) is 20.8 Å². The lowest BCUT2D eigenvalue weighted by molar-refractivity contribution is -0.136. The zero-order valence-corrected chi connectivity index (χ0v) is 13.9. The molecule has 0 unspecified atom stereocenters. The number of hydrogen-bond acceptors (Lipinski definition) is 3. The van der Waals surface area contributed by atoms with Crippen LogP contribution in [0.2, 0.25) is 0 Å². The summed E-state index contributed by atoms with van der Waals surface area (Å²) in [4.78, 5) is 28.1. The average molecular weight is 321 g/mol. The van der Waals surface area contributed by atoms with Crippen LogP contribution < -0.4 is 5.73 Å². The zero-order chi connectivity index (χ0) is 17.2. The van der Waals surface area contributed by atoms with E-state index in [2.05, 4.69) is 0 Å². The van der Waals surface area contributed by atoms with Gasteiger partial charge in [0, 0.05) is 31.7 Å². The Balaban J connectivity index is 1.94. The minimum absolute atomic E-state index is 0.0774. The van der Waals surface area contributed by atoms with Gasteiger partial charge in [0.2, 0.25) is 5.91 Å². The summed E-state index contributed by atoms with van der Waals surface area (Å²) in [7, 11) is 0. The van der Waals surface area contributed by atoms with Crippen LogP contribution in [0.1, 0.15) is 31.1 Å². The molecule has 23 heavy (non-hydrogen) atoms. The molecule has 0 aliphatic carbocycles. The number of halogens is 1. The van der Waals surface area contributed by atoms with Crippen LogP contribution in [0.4, 0.5) is 4.39 Å². The van der Waals surface area contributed by atoms with Crippen LogP contribution in [0.25, 0.3) is 0 Å². The summed E-state index contributed by atoms with van der Waals surface area (Å²) in [5, 5.41) is 0. The molecule has 0 spiro atoms. The molecule has 126 valence electrons. The van der Waals surface area contributed by atoms with Crippen molar-refractivity contribution in [2.45, 2.75) is 26.8 Å². The number of amides is 2. The van der Waals surface area contributed by atoms with Gasteiger partial charge in [0.15, 0.2) is 0 Å². The fraction of sp³-hybridized carbons (Fsp3) is 0.529. The maximum absolute atomic E-state index is 12.9. The predicted octanol–water partition coefficient (Wildman–Crippen LogP) is 1.48. The third kappa shape index (κ3) is 4.07. The van der Waals surface area contributed by atoms with Gasteiger partial charge >= 0.3 is 0 Å². The summed E-state index contributed by atoms with van der Waals surface area (Å²) in [5.41, 5.74) is 6.18. The lowest BCUT2D eigenvalue weighted by Crippen LogP contribution is -2.56. The molecule has 1 aliphatic heterocycles. The van der Waals surface area contributed by atoms with Gasteiger partial charge in [-0.2, -0.15) is 0 Å². The highest BCUT2D eigenvalue weighted by Crippen LogP contribution is 2.20. The highest BCUT2D eigenvalue weighted by molar-refractivity contribution is 5.94. The molecule has 6 heteroatoms. The van der Waals surface area contributed by atoms with Crippen LogP contribution in [-0.4, -0.2) is 53.8 Å². The Labute approximate surface area is 136 Å². The quantitative estimate of drug-likeness (QED) is 0.897. The second-order valence-electron chi connectivity index (χ2n) is 6.97. The van der Waals surface area contributed by atoms with Gasteiger partial charge in [-0.05, 0) is 29.7 Å². The topological polar surface area (TPSA) is 66.6 Å². The molecule has 1 aromatic rings. The van der Waals surface area contributed by atoms with Gasteiger partial charge < -0.3 is 15.5 Å². The maximum Gasteiger partial charge on any atom is 0.253 e. The molecule has 1 aliphatic rings. The molecule has 2 amide bonds. The largest absolute Gasteiger partial charge is 0.338 e. The van der Waals surface area contributed by atoms with E-state index >= 15 is 0 Å². The van der Waals surface area contributed by atoms with Crippen molar-refractivity contribution in [3.8, 4) is 0 Å². The van der Waals surface area contributed by atoms with Crippen LogP contribution >= 0.6 is 0 Å². The highest BCUT2D eigenvalue weighted by atomic mass is 19.1. The first kappa shape index (κ1) is 17.4. The Bertz CT molecular complexity index is 572. The molecule has 2 N–H and O–H groups in total. The SMILES string of the molecule is CC(C)(C)[C@H](N)C(=O)N1CCN(C(=O)c2ccc(F)cc2)CC1. The van der Waals surface area contributed by atoms with Crippen molar-refractivity contribution in [1.29, 1.82) is 0 Å². The van der Waals surface area contributed by atoms with E-state index in [0.717, 1.165) is 0 Å². The third-order valence-corrected chi connectivity index (χ3v) is 4.17. The van der Waals surface area contributed by atoms with E-state index < -0.39 is 6.04 Å². The number of rotatable bonds is 2. The molecule has 0 radical (unpaired) electrons. The number of carbonyl (C=O) groups excluding carboxylic acids is 2. The summed E-state index contributed by atoms with van der Waals surface area (Å²) in [5.74, 6) is -0.586. The first-order valence-electron chi connectivity index (χ1n) is 7.79. The van der Waals surface area contributed by atoms with Crippen molar-refractivity contribution in [2.75, 3.05) is 26.2 Å². The first-order valence-corrected chi connectivity index (χ1v) is 7.79. The second-order valence-corrected chi connectivity index (χ2v) is 6.97. The summed E-state index contributed by atoms with van der Waals surface area (Å²) < 4.78 is 12.9. The summed E-state index contributed by atoms with van der Waals surface area (Å²) in [6.07, 6.45) is 0. The van der Waals surface area contributed by atoms with E-state index in [0.29, 0.717) is 31.7 Å². The van der Waals surface area contributed by atoms with E-state index in [9.17, 15) is 14.0 Å². The number of hydrogen-bond donors (Lipinski definition) is 1. The summed E-state index contributed by atoms with van der Waals surface area (Å²) in [6, 6.07) is 4.95. The fourth-order valence-electron chi connectivity index (χ4n) is 2.47. The molecule has 2 rings (SSSR count). The van der Waals surface area contributed by atoms with Crippen molar-refractivity contribution < 1.29 is 14.0 Å². The lowest BCUT2D eigenvalue weighted by Gasteiger charge is -2.38. The van der Waals surface area contributed by atoms with Crippen molar-refractivity contribution in [3.05, 3.63) is 35.6 Å². The van der Waals surface area contributed by atoms with E-state index in [1.54, 1.807) is 9.80 Å². The standard InChI is InChI=1S/C17H24FN3O2/c1-17(2,3)14(19)16(23)21-10-8-20(9-11-21)15(22)12-4-6-13(18)7-5-12/h4-7,14H,8-11,19H2,1-3H3/t14-/m1/s1. The minimum Gasteiger partial charge on any atom is -0.338 e. The van der Waals surface area contributed by atoms with Crippen LogP contribution in [0.3, 0.4) is 0 Å². The Kier molecular flexibility index (Phi) is 5.04. The summed E-state index contributed by atoms with van der Waals surface area (Å²) in [6.45, 7) is 7.65. The van der Waals surface area contributed by atoms with Gasteiger partial charge in [0.1, 0.15) is 5.82 Å². The normalized spacial score (nSPS) is 17.1. The number of piperazine rings is 1. The van der Waals surface area contributed by atoms with Crippen LogP contribution in [-0.2, 0) is 4.79 Å². The van der Waals surface area contributed by atoms with Gasteiger partial charge in [-0.25, -0.2) is 4.39 Å². The number of carbonyl (C=O) groups is 2. The lowest BCUT2D eigenvalue weighted by atomic mass is 9.86. The highest BCUT2D eigenvalue weighted by Gasteiger charge is 2.33. The molecular weight excluding hydrogens is 297 g/mol. The Morgan fingerprint density at radius 3 is 2.00 bits per heavy atom. The third-order valence-electron chi connectivity index (χ3n) is 4.17. The van der Waals surface area contributed by atoms with E-state index in [4.69, 9.17) is 5.73 Å². The Morgan fingerprint density at radius 2 is 1.52 bits per heavy atom. The fourth-order valence-corrected chi connectivity index (χ4v) is 2.47. The van der Waals surface area contributed by atoms with Crippen molar-refractivity contribution >= 4 is 11.8 Å².